The molecule has 1 fully saturated rings. The largest absolute Gasteiger partial charge is 0.382 e. The van der Waals surface area contributed by atoms with Crippen LogP contribution in [0.4, 0.5) is 4.39 Å². The normalized spacial score (nSPS) is 22.4. The second-order valence-electron chi connectivity index (χ2n) is 7.31. The molecule has 158 valence electrons. The van der Waals surface area contributed by atoms with Gasteiger partial charge in [0.2, 0.25) is 0 Å². The number of thioether (sulfide) groups is 1. The highest BCUT2D eigenvalue weighted by atomic mass is 32.2. The van der Waals surface area contributed by atoms with Crippen molar-refractivity contribution in [3.8, 4) is 0 Å². The lowest BCUT2D eigenvalue weighted by Gasteiger charge is -2.37. The summed E-state index contributed by atoms with van der Waals surface area (Å²) in [5.41, 5.74) is -0.275. The van der Waals surface area contributed by atoms with Gasteiger partial charge in [-0.25, -0.2) is 14.1 Å². The first-order chi connectivity index (χ1) is 14.6. The Morgan fingerprint density at radius 1 is 1.17 bits per heavy atom. The smallest absolute Gasteiger partial charge is 0.183 e. The van der Waals surface area contributed by atoms with E-state index in [1.54, 1.807) is 18.2 Å². The lowest BCUT2D eigenvalue weighted by atomic mass is 9.90. The molecule has 1 saturated heterocycles. The van der Waals surface area contributed by atoms with Crippen molar-refractivity contribution in [2.75, 3.05) is 13.2 Å². The van der Waals surface area contributed by atoms with Crippen molar-refractivity contribution in [3.05, 3.63) is 84.2 Å². The number of aromatic nitrogens is 3. The fourth-order valence-corrected chi connectivity index (χ4v) is 4.89. The summed E-state index contributed by atoms with van der Waals surface area (Å²) in [6.45, 7) is 2.93. The molecule has 0 radical (unpaired) electrons. The summed E-state index contributed by atoms with van der Waals surface area (Å²) >= 11 is 1.52. The Kier molecular flexibility index (Phi) is 6.48. The van der Waals surface area contributed by atoms with E-state index < -0.39 is 11.4 Å². The zero-order valence-electron chi connectivity index (χ0n) is 16.6. The topological polar surface area (TPSA) is 69.4 Å². The minimum absolute atomic E-state index is 0.00834. The molecule has 2 atom stereocenters. The van der Waals surface area contributed by atoms with Crippen molar-refractivity contribution < 1.29 is 19.0 Å². The molecule has 1 aliphatic rings. The van der Waals surface area contributed by atoms with Crippen LogP contribution in [0.1, 0.15) is 24.3 Å². The number of aliphatic hydroxyl groups is 1. The van der Waals surface area contributed by atoms with Crippen LogP contribution in [0.25, 0.3) is 0 Å². The molecule has 1 aliphatic heterocycles. The molecule has 30 heavy (non-hydrogen) atoms. The summed E-state index contributed by atoms with van der Waals surface area (Å²) in [7, 11) is 0. The molecule has 1 aromatic heterocycles. The summed E-state index contributed by atoms with van der Waals surface area (Å²) < 4.78 is 27.9. The van der Waals surface area contributed by atoms with Gasteiger partial charge >= 0.3 is 0 Å². The summed E-state index contributed by atoms with van der Waals surface area (Å²) in [5, 5.41) is 15.4. The molecule has 1 N–H and O–H groups in total. The molecule has 0 amide bonds. The maximum absolute atomic E-state index is 14.6. The molecule has 8 heteroatoms. The van der Waals surface area contributed by atoms with Crippen LogP contribution in [-0.4, -0.2) is 43.6 Å². The Morgan fingerprint density at radius 3 is 2.53 bits per heavy atom. The van der Waals surface area contributed by atoms with Crippen LogP contribution in [0.15, 0.2) is 67.3 Å². The fourth-order valence-electron chi connectivity index (χ4n) is 3.57. The third-order valence-electron chi connectivity index (χ3n) is 5.22. The lowest BCUT2D eigenvalue weighted by molar-refractivity contribution is -0.180. The Morgan fingerprint density at radius 2 is 1.87 bits per heavy atom. The van der Waals surface area contributed by atoms with Gasteiger partial charge in [-0.3, -0.25) is 0 Å². The molecular weight excluding hydrogens is 405 g/mol. The number of halogens is 1. The van der Waals surface area contributed by atoms with Crippen LogP contribution in [0.5, 0.6) is 0 Å². The third kappa shape index (κ3) is 4.57. The molecule has 2 aromatic carbocycles. The summed E-state index contributed by atoms with van der Waals surface area (Å²) in [6.07, 6.45) is 2.52. The monoisotopic (exact) mass is 429 g/mol. The first kappa shape index (κ1) is 21.0. The van der Waals surface area contributed by atoms with E-state index in [1.807, 2.05) is 37.3 Å². The number of hydrogen-bond acceptors (Lipinski definition) is 6. The van der Waals surface area contributed by atoms with Crippen molar-refractivity contribution in [3.63, 3.8) is 0 Å². The van der Waals surface area contributed by atoms with Gasteiger partial charge in [-0.2, -0.15) is 5.10 Å². The molecule has 3 aromatic rings. The predicted molar refractivity (Wildman–Crippen MR) is 112 cm³/mol. The molecular formula is C22H24FN3O3S. The van der Waals surface area contributed by atoms with Crippen LogP contribution in [0.3, 0.4) is 0 Å². The van der Waals surface area contributed by atoms with E-state index in [-0.39, 0.29) is 28.9 Å². The van der Waals surface area contributed by atoms with Gasteiger partial charge in [0.1, 0.15) is 24.1 Å². The van der Waals surface area contributed by atoms with Crippen LogP contribution in [0.2, 0.25) is 0 Å². The third-order valence-corrected chi connectivity index (χ3v) is 6.67. The molecule has 0 bridgehead atoms. The minimum Gasteiger partial charge on any atom is -0.382 e. The van der Waals surface area contributed by atoms with Crippen molar-refractivity contribution in [1.82, 2.24) is 14.8 Å². The number of benzene rings is 2. The Bertz CT molecular complexity index is 936. The standard InChI is InChI=1S/C22H24FN3O3S/c1-16(30-18-11-28-21(29-12-18)17-7-3-2-4-8-17)22(27,13-26-15-24-14-25-26)19-9-5-6-10-20(19)23/h2-10,14-16,18,21,27H,11-13H2,1H3/t16-,18-,21-,22-/m1/s1. The maximum Gasteiger partial charge on any atom is 0.183 e. The molecule has 0 aliphatic carbocycles. The molecule has 0 saturated carbocycles. The first-order valence-corrected chi connectivity index (χ1v) is 10.7. The minimum atomic E-state index is -1.49. The lowest BCUT2D eigenvalue weighted by Crippen LogP contribution is -2.43. The average Bonchev–Trinajstić information content (AvgIpc) is 3.28. The van der Waals surface area contributed by atoms with E-state index in [1.165, 1.54) is 35.2 Å². The van der Waals surface area contributed by atoms with Crippen molar-refractivity contribution in [2.24, 2.45) is 0 Å². The average molecular weight is 430 g/mol. The van der Waals surface area contributed by atoms with Crippen LogP contribution in [-0.2, 0) is 21.6 Å². The Labute approximate surface area is 179 Å². The zero-order valence-corrected chi connectivity index (χ0v) is 17.4. The van der Waals surface area contributed by atoms with Gasteiger partial charge < -0.3 is 14.6 Å². The van der Waals surface area contributed by atoms with Gasteiger partial charge in [-0.1, -0.05) is 55.5 Å². The van der Waals surface area contributed by atoms with Gasteiger partial charge in [-0.05, 0) is 6.07 Å². The van der Waals surface area contributed by atoms with Crippen LogP contribution >= 0.6 is 11.8 Å². The second kappa shape index (κ2) is 9.26. The van der Waals surface area contributed by atoms with E-state index in [9.17, 15) is 9.50 Å². The van der Waals surface area contributed by atoms with E-state index in [2.05, 4.69) is 10.1 Å². The second-order valence-corrected chi connectivity index (χ2v) is 8.95. The van der Waals surface area contributed by atoms with Crippen molar-refractivity contribution in [1.29, 1.82) is 0 Å². The van der Waals surface area contributed by atoms with Crippen LogP contribution in [0, 0.1) is 5.82 Å². The van der Waals surface area contributed by atoms with Gasteiger partial charge in [0, 0.05) is 16.4 Å². The molecule has 0 unspecified atom stereocenters. The van der Waals surface area contributed by atoms with Gasteiger partial charge in [0.15, 0.2) is 6.29 Å². The fraction of sp³-hybridized carbons (Fsp3) is 0.364. The van der Waals surface area contributed by atoms with E-state index in [4.69, 9.17) is 9.47 Å². The van der Waals surface area contributed by atoms with E-state index >= 15 is 0 Å². The highest BCUT2D eigenvalue weighted by molar-refractivity contribution is 8.00. The van der Waals surface area contributed by atoms with Gasteiger partial charge in [0.25, 0.3) is 0 Å². The van der Waals surface area contributed by atoms with Gasteiger partial charge in [0.05, 0.1) is 25.0 Å². The highest BCUT2D eigenvalue weighted by Crippen LogP contribution is 2.39. The summed E-state index contributed by atoms with van der Waals surface area (Å²) in [4.78, 5) is 3.93. The van der Waals surface area contributed by atoms with E-state index in [0.29, 0.717) is 13.2 Å². The van der Waals surface area contributed by atoms with Crippen molar-refractivity contribution >= 4 is 11.8 Å². The first-order valence-electron chi connectivity index (χ1n) is 9.79. The quantitative estimate of drug-likeness (QED) is 0.620. The number of nitrogens with zero attached hydrogens (tertiary/aromatic N) is 3. The number of rotatable bonds is 7. The molecule has 0 spiro atoms. The number of ether oxygens (including phenoxy) is 2. The zero-order chi connectivity index (χ0) is 21.0. The maximum atomic E-state index is 14.6. The molecule has 2 heterocycles. The highest BCUT2D eigenvalue weighted by Gasteiger charge is 2.41. The Hall–Kier alpha value is -2.26. The van der Waals surface area contributed by atoms with E-state index in [0.717, 1.165) is 5.56 Å². The van der Waals surface area contributed by atoms with Gasteiger partial charge in [-0.15, -0.1) is 11.8 Å². The SMILES string of the molecule is C[C@@H](S[C@H]1CO[C@H](c2ccccc2)OC1)[C@](O)(Cn1cncn1)c1ccccc1F. The summed E-state index contributed by atoms with van der Waals surface area (Å²) in [6, 6.07) is 16.1. The Balaban J connectivity index is 1.47. The molecule has 4 rings (SSSR count). The number of hydrogen-bond donors (Lipinski definition) is 1. The molecule has 6 nitrogen and oxygen atoms in total. The summed E-state index contributed by atoms with van der Waals surface area (Å²) in [5.74, 6) is -0.451. The van der Waals surface area contributed by atoms with Crippen LogP contribution < -0.4 is 0 Å². The van der Waals surface area contributed by atoms with Crippen molar-refractivity contribution in [2.45, 2.75) is 35.9 Å². The predicted octanol–water partition coefficient (Wildman–Crippen LogP) is 3.54.